The molecule has 1 atom stereocenters. The van der Waals surface area contributed by atoms with E-state index in [4.69, 9.17) is 5.26 Å². The normalized spacial score (nSPS) is 15.9. The molecule has 3 rings (SSSR count). The zero-order valence-electron chi connectivity index (χ0n) is 15.1. The quantitative estimate of drug-likeness (QED) is 0.897. The number of amides is 1. The number of hydrogen-bond acceptors (Lipinski definition) is 4. The summed E-state index contributed by atoms with van der Waals surface area (Å²) in [5.74, 6) is 0.890. The SMILES string of the molecule is CCC(C(=O)N1CCC(Nc2cccc(C#N)n2)CC1)c1ccccc1. The fraction of sp³-hybridized carbons (Fsp3) is 0.381. The highest BCUT2D eigenvalue weighted by Gasteiger charge is 2.28. The molecule has 2 heterocycles. The zero-order valence-corrected chi connectivity index (χ0v) is 15.1. The molecule has 0 spiro atoms. The minimum absolute atomic E-state index is 0.0605. The summed E-state index contributed by atoms with van der Waals surface area (Å²) in [4.78, 5) is 19.2. The molecule has 1 aromatic carbocycles. The van der Waals surface area contributed by atoms with Gasteiger partial charge < -0.3 is 10.2 Å². The average molecular weight is 348 g/mol. The minimum atomic E-state index is -0.0605. The fourth-order valence-corrected chi connectivity index (χ4v) is 3.49. The van der Waals surface area contributed by atoms with Crippen molar-refractivity contribution in [2.24, 2.45) is 0 Å². The number of carbonyl (C=O) groups is 1. The molecule has 0 saturated carbocycles. The number of nitrogens with one attached hydrogen (secondary N) is 1. The molecule has 1 unspecified atom stereocenters. The van der Waals surface area contributed by atoms with E-state index >= 15 is 0 Å². The third-order valence-electron chi connectivity index (χ3n) is 4.93. The van der Waals surface area contributed by atoms with Gasteiger partial charge in [-0.2, -0.15) is 5.26 Å². The van der Waals surface area contributed by atoms with Gasteiger partial charge in [-0.25, -0.2) is 4.98 Å². The number of piperidine rings is 1. The summed E-state index contributed by atoms with van der Waals surface area (Å²) in [6, 6.07) is 17.8. The second-order valence-electron chi connectivity index (χ2n) is 6.64. The molecule has 1 saturated heterocycles. The number of pyridine rings is 1. The molecule has 0 bridgehead atoms. The Bertz CT molecular complexity index is 776. The van der Waals surface area contributed by atoms with Crippen molar-refractivity contribution >= 4 is 11.7 Å². The van der Waals surface area contributed by atoms with Crippen LogP contribution in [0.2, 0.25) is 0 Å². The Morgan fingerprint density at radius 2 is 1.96 bits per heavy atom. The third-order valence-corrected chi connectivity index (χ3v) is 4.93. The van der Waals surface area contributed by atoms with Crippen molar-refractivity contribution in [3.63, 3.8) is 0 Å². The summed E-state index contributed by atoms with van der Waals surface area (Å²) in [5.41, 5.74) is 1.51. The summed E-state index contributed by atoms with van der Waals surface area (Å²) in [6.07, 6.45) is 2.58. The van der Waals surface area contributed by atoms with Gasteiger partial charge in [-0.15, -0.1) is 0 Å². The van der Waals surface area contributed by atoms with Gasteiger partial charge in [0.05, 0.1) is 5.92 Å². The lowest BCUT2D eigenvalue weighted by atomic mass is 9.93. The topological polar surface area (TPSA) is 69.0 Å². The first-order valence-corrected chi connectivity index (χ1v) is 9.18. The van der Waals surface area contributed by atoms with Gasteiger partial charge in [-0.05, 0) is 37.0 Å². The Kier molecular flexibility index (Phi) is 5.85. The van der Waals surface area contributed by atoms with E-state index in [1.807, 2.05) is 47.4 Å². The van der Waals surface area contributed by atoms with Crippen LogP contribution >= 0.6 is 0 Å². The first kappa shape index (κ1) is 17.9. The van der Waals surface area contributed by atoms with Gasteiger partial charge in [-0.3, -0.25) is 4.79 Å². The molecule has 1 amide bonds. The van der Waals surface area contributed by atoms with E-state index in [2.05, 4.69) is 23.3 Å². The van der Waals surface area contributed by atoms with Crippen molar-refractivity contribution in [1.29, 1.82) is 5.26 Å². The van der Waals surface area contributed by atoms with Crippen LogP contribution in [-0.4, -0.2) is 34.9 Å². The maximum Gasteiger partial charge on any atom is 0.230 e. The average Bonchev–Trinajstić information content (AvgIpc) is 2.70. The number of anilines is 1. The summed E-state index contributed by atoms with van der Waals surface area (Å²) in [5, 5.41) is 12.3. The van der Waals surface area contributed by atoms with Crippen molar-refractivity contribution in [1.82, 2.24) is 9.88 Å². The molecule has 134 valence electrons. The molecule has 1 aliphatic heterocycles. The van der Waals surface area contributed by atoms with Gasteiger partial charge >= 0.3 is 0 Å². The van der Waals surface area contributed by atoms with E-state index in [9.17, 15) is 4.79 Å². The lowest BCUT2D eigenvalue weighted by Gasteiger charge is -2.34. The molecule has 26 heavy (non-hydrogen) atoms. The van der Waals surface area contributed by atoms with Crippen LogP contribution in [0.25, 0.3) is 0 Å². The lowest BCUT2D eigenvalue weighted by molar-refractivity contribution is -0.133. The standard InChI is InChI=1S/C21H24N4O/c1-2-19(16-7-4-3-5-8-16)21(26)25-13-11-17(12-14-25)23-20-10-6-9-18(15-22)24-20/h3-10,17,19H,2,11-14H2,1H3,(H,23,24). The number of aromatic nitrogens is 1. The van der Waals surface area contributed by atoms with Crippen LogP contribution in [0, 0.1) is 11.3 Å². The van der Waals surface area contributed by atoms with Crippen LogP contribution in [0.4, 0.5) is 5.82 Å². The highest BCUT2D eigenvalue weighted by atomic mass is 16.2. The Morgan fingerprint density at radius 3 is 2.62 bits per heavy atom. The van der Waals surface area contributed by atoms with Crippen molar-refractivity contribution in [3.05, 3.63) is 59.8 Å². The van der Waals surface area contributed by atoms with Crippen LogP contribution in [0.5, 0.6) is 0 Å². The van der Waals surface area contributed by atoms with E-state index in [0.29, 0.717) is 5.69 Å². The Balaban J connectivity index is 1.57. The molecule has 1 fully saturated rings. The largest absolute Gasteiger partial charge is 0.367 e. The monoisotopic (exact) mass is 348 g/mol. The molecular weight excluding hydrogens is 324 g/mol. The summed E-state index contributed by atoms with van der Waals surface area (Å²) < 4.78 is 0. The number of nitrogens with zero attached hydrogens (tertiary/aromatic N) is 3. The molecule has 2 aromatic rings. The van der Waals surface area contributed by atoms with E-state index in [1.54, 1.807) is 6.07 Å². The van der Waals surface area contributed by atoms with E-state index in [0.717, 1.165) is 43.7 Å². The highest BCUT2D eigenvalue weighted by Crippen LogP contribution is 2.24. The van der Waals surface area contributed by atoms with Gasteiger partial charge in [0.1, 0.15) is 17.6 Å². The Hall–Kier alpha value is -2.87. The minimum Gasteiger partial charge on any atom is -0.367 e. The van der Waals surface area contributed by atoms with Crippen molar-refractivity contribution in [2.45, 2.75) is 38.1 Å². The van der Waals surface area contributed by atoms with Gasteiger partial charge in [0.25, 0.3) is 0 Å². The van der Waals surface area contributed by atoms with Crippen LogP contribution in [-0.2, 0) is 4.79 Å². The summed E-state index contributed by atoms with van der Waals surface area (Å²) in [6.45, 7) is 3.56. The van der Waals surface area contributed by atoms with Crippen molar-refractivity contribution in [2.75, 3.05) is 18.4 Å². The maximum atomic E-state index is 12.9. The molecule has 5 nitrogen and oxygen atoms in total. The highest BCUT2D eigenvalue weighted by molar-refractivity contribution is 5.83. The van der Waals surface area contributed by atoms with Gasteiger partial charge in [-0.1, -0.05) is 43.3 Å². The van der Waals surface area contributed by atoms with Crippen LogP contribution in [0.3, 0.4) is 0 Å². The molecule has 1 N–H and O–H groups in total. The maximum absolute atomic E-state index is 12.9. The summed E-state index contributed by atoms with van der Waals surface area (Å²) >= 11 is 0. The van der Waals surface area contributed by atoms with Crippen LogP contribution in [0.1, 0.15) is 43.4 Å². The van der Waals surface area contributed by atoms with E-state index in [-0.39, 0.29) is 17.9 Å². The van der Waals surface area contributed by atoms with Crippen LogP contribution in [0.15, 0.2) is 48.5 Å². The van der Waals surface area contributed by atoms with Gasteiger partial charge in [0, 0.05) is 19.1 Å². The van der Waals surface area contributed by atoms with E-state index < -0.39 is 0 Å². The molecular formula is C21H24N4O. The fourth-order valence-electron chi connectivity index (χ4n) is 3.49. The molecule has 0 aliphatic carbocycles. The number of benzene rings is 1. The van der Waals surface area contributed by atoms with Crippen LogP contribution < -0.4 is 5.32 Å². The predicted octanol–water partition coefficient (Wildman–Crippen LogP) is 3.55. The summed E-state index contributed by atoms with van der Waals surface area (Å²) in [7, 11) is 0. The Labute approximate surface area is 154 Å². The second kappa shape index (κ2) is 8.48. The zero-order chi connectivity index (χ0) is 18.4. The number of carbonyl (C=O) groups excluding carboxylic acids is 1. The predicted molar refractivity (Wildman–Crippen MR) is 102 cm³/mol. The molecule has 1 aromatic heterocycles. The van der Waals surface area contributed by atoms with Gasteiger partial charge in [0.15, 0.2) is 0 Å². The third kappa shape index (κ3) is 4.20. The Morgan fingerprint density at radius 1 is 1.23 bits per heavy atom. The second-order valence-corrected chi connectivity index (χ2v) is 6.64. The number of hydrogen-bond donors (Lipinski definition) is 1. The molecule has 5 heteroatoms. The molecule has 0 radical (unpaired) electrons. The number of rotatable bonds is 5. The number of nitriles is 1. The molecule has 1 aliphatic rings. The smallest absolute Gasteiger partial charge is 0.230 e. The van der Waals surface area contributed by atoms with Crippen molar-refractivity contribution < 1.29 is 4.79 Å². The first-order valence-electron chi connectivity index (χ1n) is 9.18. The first-order chi connectivity index (χ1) is 12.7. The number of likely N-dealkylation sites (tertiary alicyclic amines) is 1. The van der Waals surface area contributed by atoms with E-state index in [1.165, 1.54) is 0 Å². The van der Waals surface area contributed by atoms with Crippen molar-refractivity contribution in [3.8, 4) is 6.07 Å². The van der Waals surface area contributed by atoms with Gasteiger partial charge in [0.2, 0.25) is 5.91 Å². The lowest BCUT2D eigenvalue weighted by Crippen LogP contribution is -2.44.